The lowest BCUT2D eigenvalue weighted by molar-refractivity contribution is 0.0524. The highest BCUT2D eigenvalue weighted by Gasteiger charge is 2.05. The Kier molecular flexibility index (Phi) is 3.73. The Morgan fingerprint density at radius 2 is 1.94 bits per heavy atom. The van der Waals surface area contributed by atoms with E-state index in [1.165, 1.54) is 5.56 Å². The number of hydrogen-bond acceptors (Lipinski definition) is 3. The van der Waals surface area contributed by atoms with Crippen LogP contribution in [0, 0.1) is 0 Å². The Morgan fingerprint density at radius 3 is 2.59 bits per heavy atom. The van der Waals surface area contributed by atoms with Gasteiger partial charge in [0.2, 0.25) is 0 Å². The summed E-state index contributed by atoms with van der Waals surface area (Å²) >= 11 is 0. The van der Waals surface area contributed by atoms with Gasteiger partial charge < -0.3 is 10.5 Å². The van der Waals surface area contributed by atoms with Gasteiger partial charge in [-0.1, -0.05) is 36.4 Å². The van der Waals surface area contributed by atoms with E-state index in [4.69, 9.17) is 10.5 Å². The van der Waals surface area contributed by atoms with Crippen LogP contribution < -0.4 is 5.73 Å². The topological polar surface area (TPSA) is 48.1 Å². The van der Waals surface area contributed by atoms with Crippen molar-refractivity contribution in [3.63, 3.8) is 0 Å². The van der Waals surface area contributed by atoms with Gasteiger partial charge in [-0.3, -0.25) is 0 Å². The van der Waals surface area contributed by atoms with Crippen LogP contribution in [0.25, 0.3) is 0 Å². The largest absolute Gasteiger partial charge is 0.384 e. The summed E-state index contributed by atoms with van der Waals surface area (Å²) in [7, 11) is 0. The number of nitrogen functional groups attached to an aromatic ring is 1. The van der Waals surface area contributed by atoms with Crippen molar-refractivity contribution in [2.75, 3.05) is 5.73 Å². The molecule has 1 aromatic heterocycles. The van der Waals surface area contributed by atoms with Gasteiger partial charge in [0, 0.05) is 6.20 Å². The van der Waals surface area contributed by atoms with Crippen molar-refractivity contribution in [3.8, 4) is 0 Å². The molecule has 0 fully saturated rings. The highest BCUT2D eigenvalue weighted by Crippen LogP contribution is 2.17. The number of aromatic nitrogens is 1. The number of anilines is 1. The first kappa shape index (κ1) is 11.6. The molecule has 1 atom stereocenters. The second-order valence-electron chi connectivity index (χ2n) is 3.96. The lowest BCUT2D eigenvalue weighted by Gasteiger charge is -2.13. The maximum absolute atomic E-state index is 5.77. The van der Waals surface area contributed by atoms with Gasteiger partial charge in [-0.15, -0.1) is 0 Å². The molecule has 0 radical (unpaired) electrons. The SMILES string of the molecule is CC(OCc1ccc(N)nc1)c1ccccc1. The van der Waals surface area contributed by atoms with Gasteiger partial charge >= 0.3 is 0 Å². The van der Waals surface area contributed by atoms with Crippen molar-refractivity contribution >= 4 is 5.82 Å². The zero-order valence-corrected chi connectivity index (χ0v) is 9.84. The summed E-state index contributed by atoms with van der Waals surface area (Å²) in [4.78, 5) is 4.03. The molecule has 2 N–H and O–H groups in total. The van der Waals surface area contributed by atoms with Crippen molar-refractivity contribution in [1.29, 1.82) is 0 Å². The van der Waals surface area contributed by atoms with E-state index in [9.17, 15) is 0 Å². The average Bonchev–Trinajstić information content (AvgIpc) is 2.39. The molecule has 0 saturated carbocycles. The summed E-state index contributed by atoms with van der Waals surface area (Å²) in [5, 5.41) is 0. The van der Waals surface area contributed by atoms with Crippen molar-refractivity contribution in [3.05, 3.63) is 59.8 Å². The summed E-state index contributed by atoms with van der Waals surface area (Å²) in [5.74, 6) is 0.532. The van der Waals surface area contributed by atoms with Crippen LogP contribution in [0.2, 0.25) is 0 Å². The van der Waals surface area contributed by atoms with Crippen LogP contribution in [-0.2, 0) is 11.3 Å². The normalized spacial score (nSPS) is 12.3. The predicted octanol–water partition coefficient (Wildman–Crippen LogP) is 2.94. The predicted molar refractivity (Wildman–Crippen MR) is 68.3 cm³/mol. The maximum Gasteiger partial charge on any atom is 0.123 e. The van der Waals surface area contributed by atoms with Gasteiger partial charge in [-0.25, -0.2) is 4.98 Å². The first-order valence-electron chi connectivity index (χ1n) is 5.62. The van der Waals surface area contributed by atoms with Crippen molar-refractivity contribution in [1.82, 2.24) is 4.98 Å². The minimum atomic E-state index is 0.0775. The number of benzene rings is 1. The molecule has 0 aliphatic heterocycles. The number of ether oxygens (including phenoxy) is 1. The van der Waals surface area contributed by atoms with Gasteiger partial charge in [0.15, 0.2) is 0 Å². The molecular formula is C14H16N2O. The average molecular weight is 228 g/mol. The summed E-state index contributed by atoms with van der Waals surface area (Å²) in [6.45, 7) is 2.59. The van der Waals surface area contributed by atoms with E-state index in [1.807, 2.05) is 31.2 Å². The standard InChI is InChI=1S/C14H16N2O/c1-11(13-5-3-2-4-6-13)17-10-12-7-8-14(15)16-9-12/h2-9,11H,10H2,1H3,(H2,15,16). The molecule has 3 nitrogen and oxygen atoms in total. The highest BCUT2D eigenvalue weighted by atomic mass is 16.5. The second-order valence-corrected chi connectivity index (χ2v) is 3.96. The molecule has 0 bridgehead atoms. The smallest absolute Gasteiger partial charge is 0.123 e. The Balaban J connectivity index is 1.92. The summed E-state index contributed by atoms with van der Waals surface area (Å²) < 4.78 is 5.77. The quantitative estimate of drug-likeness (QED) is 0.875. The second kappa shape index (κ2) is 5.46. The third-order valence-corrected chi connectivity index (χ3v) is 2.62. The van der Waals surface area contributed by atoms with Gasteiger partial charge in [-0.05, 0) is 24.1 Å². The number of rotatable bonds is 4. The molecule has 3 heteroatoms. The fourth-order valence-corrected chi connectivity index (χ4v) is 1.56. The van der Waals surface area contributed by atoms with Crippen LogP contribution in [0.4, 0.5) is 5.82 Å². The number of hydrogen-bond donors (Lipinski definition) is 1. The van der Waals surface area contributed by atoms with Crippen LogP contribution >= 0.6 is 0 Å². The lowest BCUT2D eigenvalue weighted by atomic mass is 10.1. The molecule has 2 rings (SSSR count). The van der Waals surface area contributed by atoms with Gasteiger partial charge in [0.1, 0.15) is 5.82 Å². The maximum atomic E-state index is 5.77. The van der Waals surface area contributed by atoms with Crippen LogP contribution in [0.5, 0.6) is 0 Å². The van der Waals surface area contributed by atoms with Crippen LogP contribution in [0.1, 0.15) is 24.2 Å². The zero-order valence-electron chi connectivity index (χ0n) is 9.84. The Hall–Kier alpha value is -1.87. The van der Waals surface area contributed by atoms with Gasteiger partial charge in [0.05, 0.1) is 12.7 Å². The summed E-state index contributed by atoms with van der Waals surface area (Å²) in [5.41, 5.74) is 7.73. The van der Waals surface area contributed by atoms with Crippen LogP contribution in [0.15, 0.2) is 48.7 Å². The van der Waals surface area contributed by atoms with E-state index in [0.717, 1.165) is 5.56 Å². The fraction of sp³-hybridized carbons (Fsp3) is 0.214. The lowest BCUT2D eigenvalue weighted by Crippen LogP contribution is -2.01. The molecule has 1 aromatic carbocycles. The van der Waals surface area contributed by atoms with E-state index >= 15 is 0 Å². The minimum Gasteiger partial charge on any atom is -0.384 e. The molecule has 88 valence electrons. The Bertz CT molecular complexity index is 453. The molecular weight excluding hydrogens is 212 g/mol. The summed E-state index contributed by atoms with van der Waals surface area (Å²) in [6, 6.07) is 13.9. The molecule has 0 aliphatic carbocycles. The van der Waals surface area contributed by atoms with Crippen molar-refractivity contribution in [2.24, 2.45) is 0 Å². The van der Waals surface area contributed by atoms with Gasteiger partial charge in [-0.2, -0.15) is 0 Å². The third-order valence-electron chi connectivity index (χ3n) is 2.62. The van der Waals surface area contributed by atoms with E-state index in [2.05, 4.69) is 17.1 Å². The monoisotopic (exact) mass is 228 g/mol. The molecule has 1 unspecified atom stereocenters. The van der Waals surface area contributed by atoms with Crippen molar-refractivity contribution < 1.29 is 4.74 Å². The van der Waals surface area contributed by atoms with Gasteiger partial charge in [0.25, 0.3) is 0 Å². The van der Waals surface area contributed by atoms with Crippen LogP contribution in [0.3, 0.4) is 0 Å². The molecule has 0 aliphatic rings. The third kappa shape index (κ3) is 3.29. The Labute approximate surface area is 101 Å². The Morgan fingerprint density at radius 1 is 1.18 bits per heavy atom. The highest BCUT2D eigenvalue weighted by molar-refractivity contribution is 5.29. The molecule has 2 aromatic rings. The first-order valence-corrected chi connectivity index (χ1v) is 5.62. The molecule has 0 spiro atoms. The van der Waals surface area contributed by atoms with Crippen molar-refractivity contribution in [2.45, 2.75) is 19.6 Å². The number of nitrogens with two attached hydrogens (primary N) is 1. The molecule has 0 amide bonds. The molecule has 17 heavy (non-hydrogen) atoms. The van der Waals surface area contributed by atoms with E-state index in [1.54, 1.807) is 12.3 Å². The first-order chi connectivity index (χ1) is 8.25. The minimum absolute atomic E-state index is 0.0775. The van der Waals surface area contributed by atoms with E-state index in [-0.39, 0.29) is 6.10 Å². The fourth-order valence-electron chi connectivity index (χ4n) is 1.56. The summed E-state index contributed by atoms with van der Waals surface area (Å²) in [6.07, 6.45) is 1.82. The van der Waals surface area contributed by atoms with E-state index < -0.39 is 0 Å². The number of nitrogens with zero attached hydrogens (tertiary/aromatic N) is 1. The zero-order chi connectivity index (χ0) is 12.1. The van der Waals surface area contributed by atoms with Crippen LogP contribution in [-0.4, -0.2) is 4.98 Å². The number of pyridine rings is 1. The van der Waals surface area contributed by atoms with E-state index in [0.29, 0.717) is 12.4 Å². The molecule has 0 saturated heterocycles. The molecule has 1 heterocycles.